The molecule has 0 bridgehead atoms. The summed E-state index contributed by atoms with van der Waals surface area (Å²) in [7, 11) is 2.01. The van der Waals surface area contributed by atoms with Crippen LogP contribution in [0.3, 0.4) is 0 Å². The molecule has 1 N–H and O–H groups in total. The van der Waals surface area contributed by atoms with E-state index in [1.165, 1.54) is 0 Å². The van der Waals surface area contributed by atoms with Gasteiger partial charge in [0, 0.05) is 50.3 Å². The third-order valence-electron chi connectivity index (χ3n) is 5.40. The van der Waals surface area contributed by atoms with Gasteiger partial charge in [0.05, 0.1) is 12.5 Å². The summed E-state index contributed by atoms with van der Waals surface area (Å²) in [5.41, 5.74) is 2.22. The van der Waals surface area contributed by atoms with Crippen molar-refractivity contribution in [2.45, 2.75) is 25.3 Å². The second-order valence-corrected chi connectivity index (χ2v) is 7.02. The number of likely N-dealkylation sites (tertiary alicyclic amines) is 1. The summed E-state index contributed by atoms with van der Waals surface area (Å²) < 4.78 is 2.07. The number of carbonyl (C=O) groups is 2. The zero-order valence-corrected chi connectivity index (χ0v) is 14.6. The molecule has 0 radical (unpaired) electrons. The monoisotopic (exact) mass is 340 g/mol. The molecule has 1 aromatic heterocycles. The van der Waals surface area contributed by atoms with Crippen LogP contribution in [0.15, 0.2) is 30.5 Å². The van der Waals surface area contributed by atoms with Gasteiger partial charge in [-0.1, -0.05) is 18.2 Å². The highest BCUT2D eigenvalue weighted by Gasteiger charge is 2.32. The molecular weight excluding hydrogens is 316 g/mol. The molecule has 2 aromatic rings. The quantitative estimate of drug-likeness (QED) is 0.925. The summed E-state index contributed by atoms with van der Waals surface area (Å²) in [6.45, 7) is 2.89. The number of amides is 3. The van der Waals surface area contributed by atoms with E-state index in [4.69, 9.17) is 0 Å². The molecule has 2 aliphatic rings. The fraction of sp³-hybridized carbons (Fsp3) is 0.474. The maximum Gasteiger partial charge on any atom is 0.317 e. The van der Waals surface area contributed by atoms with Crippen LogP contribution in [-0.4, -0.2) is 58.5 Å². The average molecular weight is 340 g/mol. The average Bonchev–Trinajstić information content (AvgIpc) is 3.19. The molecular formula is C19H24N4O2. The van der Waals surface area contributed by atoms with E-state index >= 15 is 0 Å². The molecule has 2 fully saturated rings. The molecule has 4 rings (SSSR count). The first-order valence-electron chi connectivity index (χ1n) is 8.98. The van der Waals surface area contributed by atoms with Gasteiger partial charge in [-0.2, -0.15) is 0 Å². The van der Waals surface area contributed by atoms with Crippen molar-refractivity contribution in [1.29, 1.82) is 0 Å². The van der Waals surface area contributed by atoms with Crippen LogP contribution in [0, 0.1) is 0 Å². The summed E-state index contributed by atoms with van der Waals surface area (Å²) in [5, 5.41) is 4.00. The number of piperidine rings is 1. The van der Waals surface area contributed by atoms with Gasteiger partial charge in [0.15, 0.2) is 0 Å². The minimum atomic E-state index is 0.00773. The molecule has 132 valence electrons. The molecule has 1 atom stereocenters. The summed E-state index contributed by atoms with van der Waals surface area (Å²) in [6, 6.07) is 8.34. The van der Waals surface area contributed by atoms with Crippen molar-refractivity contribution in [1.82, 2.24) is 19.7 Å². The van der Waals surface area contributed by atoms with Crippen LogP contribution in [0.4, 0.5) is 4.79 Å². The van der Waals surface area contributed by atoms with Crippen LogP contribution >= 0.6 is 0 Å². The number of fused-ring (bicyclic) bond motifs is 1. The Morgan fingerprint density at radius 1 is 1.28 bits per heavy atom. The lowest BCUT2D eigenvalue weighted by Crippen LogP contribution is -2.51. The largest absolute Gasteiger partial charge is 0.350 e. The summed E-state index contributed by atoms with van der Waals surface area (Å²) in [4.78, 5) is 28.6. The van der Waals surface area contributed by atoms with Gasteiger partial charge >= 0.3 is 6.03 Å². The first-order valence-corrected chi connectivity index (χ1v) is 8.98. The molecule has 2 saturated heterocycles. The maximum absolute atomic E-state index is 12.9. The normalized spacial score (nSPS) is 21.0. The van der Waals surface area contributed by atoms with Crippen molar-refractivity contribution in [2.75, 3.05) is 26.2 Å². The van der Waals surface area contributed by atoms with Crippen LogP contribution in [0.5, 0.6) is 0 Å². The van der Waals surface area contributed by atoms with Gasteiger partial charge in [-0.05, 0) is 24.5 Å². The number of urea groups is 1. The lowest BCUT2D eigenvalue weighted by atomic mass is 10.0. The number of para-hydroxylation sites is 1. The third kappa shape index (κ3) is 2.97. The Morgan fingerprint density at radius 2 is 2.12 bits per heavy atom. The first-order chi connectivity index (χ1) is 12.1. The molecule has 6 nitrogen and oxygen atoms in total. The Bertz CT molecular complexity index is 813. The lowest BCUT2D eigenvalue weighted by molar-refractivity contribution is -0.132. The van der Waals surface area contributed by atoms with Crippen molar-refractivity contribution in [3.8, 4) is 0 Å². The SMILES string of the molecule is Cn1cc(CC(=O)N2CCC[C@@H](N3CCNC3=O)C2)c2ccccc21. The highest BCUT2D eigenvalue weighted by Crippen LogP contribution is 2.23. The number of hydrogen-bond donors (Lipinski definition) is 1. The number of aromatic nitrogens is 1. The van der Waals surface area contributed by atoms with Gasteiger partial charge in [0.25, 0.3) is 0 Å². The van der Waals surface area contributed by atoms with Crippen molar-refractivity contribution in [3.63, 3.8) is 0 Å². The molecule has 3 heterocycles. The van der Waals surface area contributed by atoms with Gasteiger partial charge in [-0.25, -0.2) is 4.79 Å². The molecule has 0 saturated carbocycles. The van der Waals surface area contributed by atoms with Gasteiger partial charge in [0.1, 0.15) is 0 Å². The molecule has 0 spiro atoms. The predicted octanol–water partition coefficient (Wildman–Crippen LogP) is 1.74. The Balaban J connectivity index is 1.47. The van der Waals surface area contributed by atoms with Crippen LogP contribution in [-0.2, 0) is 18.3 Å². The highest BCUT2D eigenvalue weighted by atomic mass is 16.2. The van der Waals surface area contributed by atoms with Crippen LogP contribution in [0.25, 0.3) is 10.9 Å². The van der Waals surface area contributed by atoms with Gasteiger partial charge in [0.2, 0.25) is 5.91 Å². The molecule has 0 aliphatic carbocycles. The summed E-state index contributed by atoms with van der Waals surface area (Å²) in [6.07, 6.45) is 4.40. The number of nitrogens with zero attached hydrogens (tertiary/aromatic N) is 3. The fourth-order valence-corrected chi connectivity index (χ4v) is 4.11. The Morgan fingerprint density at radius 3 is 2.92 bits per heavy atom. The van der Waals surface area contributed by atoms with E-state index < -0.39 is 0 Å². The molecule has 0 unspecified atom stereocenters. The fourth-order valence-electron chi connectivity index (χ4n) is 4.11. The summed E-state index contributed by atoms with van der Waals surface area (Å²) >= 11 is 0. The van der Waals surface area contributed by atoms with E-state index in [2.05, 4.69) is 28.2 Å². The minimum absolute atomic E-state index is 0.00773. The number of rotatable bonds is 3. The number of nitrogens with one attached hydrogen (secondary N) is 1. The number of benzene rings is 1. The smallest absolute Gasteiger partial charge is 0.317 e. The van der Waals surface area contributed by atoms with Crippen molar-refractivity contribution in [2.24, 2.45) is 7.05 Å². The number of hydrogen-bond acceptors (Lipinski definition) is 2. The van der Waals surface area contributed by atoms with E-state index in [1.54, 1.807) is 0 Å². The van der Waals surface area contributed by atoms with E-state index in [0.717, 1.165) is 42.4 Å². The standard InChI is InChI=1S/C19H24N4O2/c1-21-12-14(16-6-2-3-7-17(16)21)11-18(24)22-9-4-5-15(13-22)23-10-8-20-19(23)25/h2-3,6-7,12,15H,4-5,8-11,13H2,1H3,(H,20,25)/t15-/m1/s1. The second-order valence-electron chi connectivity index (χ2n) is 7.02. The van der Waals surface area contributed by atoms with Crippen LogP contribution < -0.4 is 5.32 Å². The third-order valence-corrected chi connectivity index (χ3v) is 5.40. The van der Waals surface area contributed by atoms with E-state index in [-0.39, 0.29) is 18.0 Å². The van der Waals surface area contributed by atoms with E-state index in [0.29, 0.717) is 19.5 Å². The highest BCUT2D eigenvalue weighted by molar-refractivity contribution is 5.89. The van der Waals surface area contributed by atoms with Gasteiger partial charge in [-0.15, -0.1) is 0 Å². The predicted molar refractivity (Wildman–Crippen MR) is 96.3 cm³/mol. The van der Waals surface area contributed by atoms with Crippen molar-refractivity contribution < 1.29 is 9.59 Å². The van der Waals surface area contributed by atoms with E-state index in [9.17, 15) is 9.59 Å². The van der Waals surface area contributed by atoms with Gasteiger partial charge in [-0.3, -0.25) is 4.79 Å². The molecule has 1 aromatic carbocycles. The molecule has 3 amide bonds. The molecule has 6 heteroatoms. The van der Waals surface area contributed by atoms with E-state index in [1.807, 2.05) is 29.0 Å². The topological polar surface area (TPSA) is 57.6 Å². The van der Waals surface area contributed by atoms with Gasteiger partial charge < -0.3 is 19.7 Å². The van der Waals surface area contributed by atoms with Crippen molar-refractivity contribution >= 4 is 22.8 Å². The number of aryl methyl sites for hydroxylation is 1. The Hall–Kier alpha value is -2.50. The second kappa shape index (κ2) is 6.43. The molecule has 25 heavy (non-hydrogen) atoms. The maximum atomic E-state index is 12.9. The number of carbonyl (C=O) groups excluding carboxylic acids is 2. The zero-order chi connectivity index (χ0) is 17.4. The van der Waals surface area contributed by atoms with Crippen molar-refractivity contribution in [3.05, 3.63) is 36.0 Å². The Labute approximate surface area is 147 Å². The lowest BCUT2D eigenvalue weighted by Gasteiger charge is -2.37. The minimum Gasteiger partial charge on any atom is -0.350 e. The zero-order valence-electron chi connectivity index (χ0n) is 14.6. The van der Waals surface area contributed by atoms with Crippen LogP contribution in [0.2, 0.25) is 0 Å². The molecule has 2 aliphatic heterocycles. The van der Waals surface area contributed by atoms with Crippen LogP contribution in [0.1, 0.15) is 18.4 Å². The Kier molecular flexibility index (Phi) is 4.11. The first kappa shape index (κ1) is 16.0. The summed E-state index contributed by atoms with van der Waals surface area (Å²) in [5.74, 6) is 0.153.